The van der Waals surface area contributed by atoms with E-state index in [9.17, 15) is 8.42 Å². The second kappa shape index (κ2) is 9.20. The summed E-state index contributed by atoms with van der Waals surface area (Å²) in [6.45, 7) is 3.94. The van der Waals surface area contributed by atoms with Crippen molar-refractivity contribution in [1.29, 1.82) is 0 Å². The number of hydrogen-bond donors (Lipinski definition) is 3. The Hall–Kier alpha value is -2.10. The Morgan fingerprint density at radius 1 is 1.30 bits per heavy atom. The fourth-order valence-corrected chi connectivity index (χ4v) is 4.87. The van der Waals surface area contributed by atoms with E-state index in [2.05, 4.69) is 20.3 Å². The lowest BCUT2D eigenvalue weighted by Gasteiger charge is -2.28. The fourth-order valence-electron chi connectivity index (χ4n) is 2.81. The van der Waals surface area contributed by atoms with Gasteiger partial charge in [0.05, 0.1) is 19.2 Å². The molecule has 2 aromatic rings. The van der Waals surface area contributed by atoms with Crippen molar-refractivity contribution in [1.82, 2.24) is 15.4 Å². The SMILES string of the molecule is CCNC(=NCCNS(=O)(=O)c1cccs1)NC1CCOc2ccccc21. The Balaban J connectivity index is 1.59. The molecule has 0 amide bonds. The highest BCUT2D eigenvalue weighted by atomic mass is 32.2. The molecular formula is C18H24N4O3S2. The fraction of sp³-hybridized carbons (Fsp3) is 0.389. The number of nitrogens with zero attached hydrogens (tertiary/aromatic N) is 1. The largest absolute Gasteiger partial charge is 0.493 e. The minimum Gasteiger partial charge on any atom is -0.493 e. The number of rotatable bonds is 7. The van der Waals surface area contributed by atoms with Gasteiger partial charge in [-0.3, -0.25) is 4.99 Å². The number of sulfonamides is 1. The van der Waals surface area contributed by atoms with Crippen LogP contribution in [-0.2, 0) is 10.0 Å². The number of fused-ring (bicyclic) bond motifs is 1. The van der Waals surface area contributed by atoms with E-state index in [4.69, 9.17) is 4.74 Å². The average Bonchev–Trinajstić information content (AvgIpc) is 3.21. The van der Waals surface area contributed by atoms with Crippen LogP contribution in [0.5, 0.6) is 5.75 Å². The summed E-state index contributed by atoms with van der Waals surface area (Å²) in [4.78, 5) is 4.49. The van der Waals surface area contributed by atoms with Gasteiger partial charge in [0.15, 0.2) is 5.96 Å². The third-order valence-corrected chi connectivity index (χ3v) is 6.91. The van der Waals surface area contributed by atoms with E-state index in [1.165, 1.54) is 11.3 Å². The van der Waals surface area contributed by atoms with Crippen LogP contribution in [0.15, 0.2) is 51.0 Å². The molecule has 1 aliphatic heterocycles. The molecule has 1 unspecified atom stereocenters. The monoisotopic (exact) mass is 408 g/mol. The van der Waals surface area contributed by atoms with Crippen molar-refractivity contribution in [3.05, 3.63) is 47.3 Å². The van der Waals surface area contributed by atoms with Gasteiger partial charge >= 0.3 is 0 Å². The molecule has 0 saturated carbocycles. The van der Waals surface area contributed by atoms with E-state index in [1.807, 2.05) is 31.2 Å². The molecule has 0 spiro atoms. The molecule has 1 atom stereocenters. The van der Waals surface area contributed by atoms with Gasteiger partial charge in [0.1, 0.15) is 9.96 Å². The zero-order valence-electron chi connectivity index (χ0n) is 15.1. The maximum Gasteiger partial charge on any atom is 0.250 e. The minimum atomic E-state index is -3.45. The smallest absolute Gasteiger partial charge is 0.250 e. The molecule has 0 aliphatic carbocycles. The van der Waals surface area contributed by atoms with Crippen LogP contribution in [0.4, 0.5) is 0 Å². The summed E-state index contributed by atoms with van der Waals surface area (Å²) in [6, 6.07) is 11.4. The molecule has 2 heterocycles. The third-order valence-electron chi connectivity index (χ3n) is 4.05. The molecule has 0 bridgehead atoms. The summed E-state index contributed by atoms with van der Waals surface area (Å²) in [5.41, 5.74) is 1.10. The summed E-state index contributed by atoms with van der Waals surface area (Å²) in [6.07, 6.45) is 0.840. The molecular weight excluding hydrogens is 384 g/mol. The Morgan fingerprint density at radius 3 is 2.93 bits per heavy atom. The number of para-hydroxylation sites is 1. The van der Waals surface area contributed by atoms with Crippen molar-refractivity contribution in [2.24, 2.45) is 4.99 Å². The molecule has 0 saturated heterocycles. The van der Waals surface area contributed by atoms with Gasteiger partial charge < -0.3 is 15.4 Å². The highest BCUT2D eigenvalue weighted by molar-refractivity contribution is 7.91. The van der Waals surface area contributed by atoms with Crippen LogP contribution in [0.3, 0.4) is 0 Å². The van der Waals surface area contributed by atoms with E-state index in [0.29, 0.717) is 23.3 Å². The molecule has 3 rings (SSSR count). The third kappa shape index (κ3) is 5.21. The maximum atomic E-state index is 12.1. The highest BCUT2D eigenvalue weighted by Gasteiger charge is 2.21. The molecule has 146 valence electrons. The van der Waals surface area contributed by atoms with Crippen LogP contribution in [0.1, 0.15) is 24.9 Å². The second-order valence-electron chi connectivity index (χ2n) is 5.96. The summed E-state index contributed by atoms with van der Waals surface area (Å²) in [7, 11) is -3.45. The summed E-state index contributed by atoms with van der Waals surface area (Å²) in [5.74, 6) is 1.55. The Bertz CT molecular complexity index is 866. The lowest BCUT2D eigenvalue weighted by atomic mass is 10.0. The summed E-state index contributed by atoms with van der Waals surface area (Å²) in [5, 5.41) is 8.37. The van der Waals surface area contributed by atoms with Gasteiger partial charge in [-0.1, -0.05) is 24.3 Å². The molecule has 0 radical (unpaired) electrons. The number of hydrogen-bond acceptors (Lipinski definition) is 5. The predicted molar refractivity (Wildman–Crippen MR) is 108 cm³/mol. The first kappa shape index (κ1) is 19.7. The van der Waals surface area contributed by atoms with E-state index in [-0.39, 0.29) is 12.6 Å². The van der Waals surface area contributed by atoms with Crippen molar-refractivity contribution >= 4 is 27.3 Å². The van der Waals surface area contributed by atoms with Crippen molar-refractivity contribution in [3.8, 4) is 5.75 Å². The van der Waals surface area contributed by atoms with Gasteiger partial charge in [0.25, 0.3) is 0 Å². The van der Waals surface area contributed by atoms with Crippen molar-refractivity contribution in [3.63, 3.8) is 0 Å². The quantitative estimate of drug-likeness (QED) is 0.371. The lowest BCUT2D eigenvalue weighted by molar-refractivity contribution is 0.261. The number of nitrogens with one attached hydrogen (secondary N) is 3. The average molecular weight is 409 g/mol. The molecule has 7 nitrogen and oxygen atoms in total. The number of ether oxygens (including phenoxy) is 1. The molecule has 9 heteroatoms. The van der Waals surface area contributed by atoms with Crippen LogP contribution >= 0.6 is 11.3 Å². The van der Waals surface area contributed by atoms with Gasteiger partial charge in [-0.05, 0) is 24.4 Å². The van der Waals surface area contributed by atoms with E-state index < -0.39 is 10.0 Å². The van der Waals surface area contributed by atoms with Crippen LogP contribution < -0.4 is 20.1 Å². The molecule has 1 aromatic heterocycles. The molecule has 0 fully saturated rings. The number of thiophene rings is 1. The number of guanidine groups is 1. The second-order valence-corrected chi connectivity index (χ2v) is 8.90. The Labute approximate surface area is 163 Å². The standard InChI is InChI=1S/C18H24N4O3S2/c1-2-19-18(20-10-11-21-27(23,24)17-8-5-13-26-17)22-15-9-12-25-16-7-4-3-6-14(15)16/h3-8,13,15,21H,2,9-12H2,1H3,(H2,19,20,22). The molecule has 27 heavy (non-hydrogen) atoms. The zero-order chi connectivity index (χ0) is 19.1. The number of benzene rings is 1. The normalized spacial score (nSPS) is 17.1. The maximum absolute atomic E-state index is 12.1. The Kier molecular flexibility index (Phi) is 6.70. The van der Waals surface area contributed by atoms with Gasteiger partial charge in [0, 0.05) is 25.1 Å². The highest BCUT2D eigenvalue weighted by Crippen LogP contribution is 2.31. The minimum absolute atomic E-state index is 0.107. The van der Waals surface area contributed by atoms with Gasteiger partial charge in [0.2, 0.25) is 10.0 Å². The molecule has 3 N–H and O–H groups in total. The van der Waals surface area contributed by atoms with Crippen molar-refractivity contribution < 1.29 is 13.2 Å². The summed E-state index contributed by atoms with van der Waals surface area (Å²) < 4.78 is 32.8. The van der Waals surface area contributed by atoms with Gasteiger partial charge in [-0.25, -0.2) is 13.1 Å². The number of aliphatic imine (C=N–C) groups is 1. The van der Waals surface area contributed by atoms with Crippen LogP contribution in [0.2, 0.25) is 0 Å². The van der Waals surface area contributed by atoms with Crippen molar-refractivity contribution in [2.75, 3.05) is 26.2 Å². The van der Waals surface area contributed by atoms with E-state index in [1.54, 1.807) is 17.5 Å². The topological polar surface area (TPSA) is 91.8 Å². The van der Waals surface area contributed by atoms with Crippen molar-refractivity contribution in [2.45, 2.75) is 23.6 Å². The van der Waals surface area contributed by atoms with E-state index >= 15 is 0 Å². The Morgan fingerprint density at radius 2 is 2.15 bits per heavy atom. The van der Waals surface area contributed by atoms with Gasteiger partial charge in [-0.2, -0.15) is 0 Å². The summed E-state index contributed by atoms with van der Waals surface area (Å²) >= 11 is 1.20. The van der Waals surface area contributed by atoms with Crippen LogP contribution in [0, 0.1) is 0 Å². The molecule has 1 aliphatic rings. The van der Waals surface area contributed by atoms with Gasteiger partial charge in [-0.15, -0.1) is 11.3 Å². The van der Waals surface area contributed by atoms with Crippen LogP contribution in [-0.4, -0.2) is 40.6 Å². The zero-order valence-corrected chi connectivity index (χ0v) is 16.8. The first-order valence-electron chi connectivity index (χ1n) is 8.90. The van der Waals surface area contributed by atoms with E-state index in [0.717, 1.165) is 24.3 Å². The molecule has 1 aromatic carbocycles. The predicted octanol–water partition coefficient (Wildman–Crippen LogP) is 2.11. The lowest BCUT2D eigenvalue weighted by Crippen LogP contribution is -2.41. The van der Waals surface area contributed by atoms with Crippen LogP contribution in [0.25, 0.3) is 0 Å². The first-order chi connectivity index (χ1) is 13.1. The first-order valence-corrected chi connectivity index (χ1v) is 11.3.